The van der Waals surface area contributed by atoms with Crippen LogP contribution in [0.4, 0.5) is 4.39 Å². The molecule has 126 valence electrons. The van der Waals surface area contributed by atoms with Gasteiger partial charge in [-0.1, -0.05) is 17.3 Å². The van der Waals surface area contributed by atoms with Crippen molar-refractivity contribution in [2.24, 2.45) is 0 Å². The predicted octanol–water partition coefficient (Wildman–Crippen LogP) is 2.87. The molecule has 2 aromatic rings. The second-order valence-corrected chi connectivity index (χ2v) is 6.73. The van der Waals surface area contributed by atoms with E-state index in [4.69, 9.17) is 4.52 Å². The van der Waals surface area contributed by atoms with Gasteiger partial charge in [0.1, 0.15) is 11.6 Å². The van der Waals surface area contributed by atoms with E-state index in [1.807, 2.05) is 7.05 Å². The van der Waals surface area contributed by atoms with Gasteiger partial charge in [0.05, 0.1) is 12.1 Å². The van der Waals surface area contributed by atoms with Gasteiger partial charge in [-0.05, 0) is 44.0 Å². The molecule has 0 radical (unpaired) electrons. The Morgan fingerprint density at radius 3 is 2.75 bits per heavy atom. The van der Waals surface area contributed by atoms with Crippen LogP contribution >= 0.6 is 0 Å². The monoisotopic (exact) mass is 329 g/mol. The average Bonchev–Trinajstić information content (AvgIpc) is 3.19. The zero-order valence-electron chi connectivity index (χ0n) is 13.5. The van der Waals surface area contributed by atoms with E-state index in [2.05, 4.69) is 15.4 Å². The molecular weight excluding hydrogens is 309 g/mol. The van der Waals surface area contributed by atoms with Gasteiger partial charge in [-0.3, -0.25) is 9.69 Å². The molecule has 0 unspecified atom stereocenters. The Morgan fingerprint density at radius 1 is 1.29 bits per heavy atom. The lowest BCUT2D eigenvalue weighted by Gasteiger charge is -2.26. The summed E-state index contributed by atoms with van der Waals surface area (Å²) in [6, 6.07) is 8.22. The number of benzene rings is 1. The van der Waals surface area contributed by atoms with Crippen LogP contribution in [0.5, 0.6) is 0 Å². The molecule has 5 nitrogen and oxygen atoms in total. The van der Waals surface area contributed by atoms with Crippen molar-refractivity contribution in [1.29, 1.82) is 0 Å². The highest BCUT2D eigenvalue weighted by atomic mass is 19.1. The fourth-order valence-electron chi connectivity index (χ4n) is 3.44. The maximum Gasteiger partial charge on any atom is 0.273 e. The summed E-state index contributed by atoms with van der Waals surface area (Å²) >= 11 is 0. The molecule has 0 bridgehead atoms. The van der Waals surface area contributed by atoms with E-state index in [0.29, 0.717) is 11.6 Å². The second-order valence-electron chi connectivity index (χ2n) is 6.73. The summed E-state index contributed by atoms with van der Waals surface area (Å²) in [7, 11) is 2.02. The Balaban J connectivity index is 1.49. The van der Waals surface area contributed by atoms with Crippen LogP contribution in [0.15, 0.2) is 34.9 Å². The van der Waals surface area contributed by atoms with Gasteiger partial charge >= 0.3 is 0 Å². The molecule has 2 fully saturated rings. The number of likely N-dealkylation sites (tertiary alicyclic amines) is 1. The van der Waals surface area contributed by atoms with E-state index in [-0.39, 0.29) is 23.8 Å². The van der Waals surface area contributed by atoms with E-state index in [1.165, 1.54) is 12.1 Å². The van der Waals surface area contributed by atoms with Crippen LogP contribution in [0.25, 0.3) is 0 Å². The van der Waals surface area contributed by atoms with Crippen LogP contribution in [-0.2, 0) is 0 Å². The molecule has 2 aliphatic rings. The Morgan fingerprint density at radius 2 is 2.04 bits per heavy atom. The second kappa shape index (κ2) is 6.02. The number of likely N-dealkylation sites (N-methyl/N-ethyl adjacent to an activating group) is 1. The highest BCUT2D eigenvalue weighted by Crippen LogP contribution is 2.40. The maximum atomic E-state index is 13.2. The van der Waals surface area contributed by atoms with E-state index >= 15 is 0 Å². The number of halogens is 1. The topological polar surface area (TPSA) is 58.4 Å². The van der Waals surface area contributed by atoms with E-state index < -0.39 is 0 Å². The summed E-state index contributed by atoms with van der Waals surface area (Å²) < 4.78 is 18.4. The van der Waals surface area contributed by atoms with Crippen molar-refractivity contribution in [2.45, 2.75) is 37.3 Å². The largest absolute Gasteiger partial charge is 0.360 e. The van der Waals surface area contributed by atoms with Crippen LogP contribution in [0.1, 0.15) is 53.0 Å². The molecule has 1 aromatic carbocycles. The average molecular weight is 329 g/mol. The van der Waals surface area contributed by atoms with Gasteiger partial charge in [0, 0.05) is 18.5 Å². The number of carbonyl (C=O) groups is 1. The van der Waals surface area contributed by atoms with Crippen LogP contribution in [0, 0.1) is 5.82 Å². The number of nitrogens with one attached hydrogen (secondary N) is 1. The highest BCUT2D eigenvalue weighted by Gasteiger charge is 2.35. The molecule has 1 aliphatic heterocycles. The Hall–Kier alpha value is -2.21. The molecule has 24 heavy (non-hydrogen) atoms. The maximum absolute atomic E-state index is 13.2. The van der Waals surface area contributed by atoms with Crippen LogP contribution in [0.2, 0.25) is 0 Å². The fourth-order valence-corrected chi connectivity index (χ4v) is 3.44. The van der Waals surface area contributed by atoms with Crippen molar-refractivity contribution in [3.8, 4) is 0 Å². The van der Waals surface area contributed by atoms with Gasteiger partial charge in [0.2, 0.25) is 0 Å². The van der Waals surface area contributed by atoms with Crippen molar-refractivity contribution >= 4 is 5.91 Å². The molecule has 1 saturated carbocycles. The highest BCUT2D eigenvalue weighted by molar-refractivity contribution is 5.92. The normalized spacial score (nSPS) is 24.2. The van der Waals surface area contributed by atoms with Crippen LogP contribution in [0.3, 0.4) is 0 Å². The number of hydrogen-bond donors (Lipinski definition) is 1. The number of aromatic nitrogens is 1. The number of hydrogen-bond acceptors (Lipinski definition) is 4. The number of carbonyl (C=O) groups excluding carboxylic acids is 1. The SMILES string of the molecule is CN1CC[C@@H](NC(=O)c2cc(C3CC3)on2)[C@H]1c1ccc(F)cc1. The first-order valence-electron chi connectivity index (χ1n) is 8.35. The number of amides is 1. The number of rotatable bonds is 4. The Labute approximate surface area is 139 Å². The molecule has 1 N–H and O–H groups in total. The minimum atomic E-state index is -0.254. The lowest BCUT2D eigenvalue weighted by atomic mass is 10.00. The van der Waals surface area contributed by atoms with Crippen molar-refractivity contribution in [3.05, 3.63) is 53.2 Å². The summed E-state index contributed by atoms with van der Waals surface area (Å²) in [5.74, 6) is 0.774. The Bertz CT molecular complexity index is 739. The fraction of sp³-hybridized carbons (Fsp3) is 0.444. The third-order valence-electron chi connectivity index (χ3n) is 4.92. The smallest absolute Gasteiger partial charge is 0.273 e. The van der Waals surface area contributed by atoms with Gasteiger partial charge in [0.15, 0.2) is 5.69 Å². The molecule has 0 spiro atoms. The van der Waals surface area contributed by atoms with Gasteiger partial charge in [-0.2, -0.15) is 0 Å². The summed E-state index contributed by atoms with van der Waals surface area (Å²) in [6.07, 6.45) is 3.06. The molecule has 1 saturated heterocycles. The Kier molecular flexibility index (Phi) is 3.84. The minimum absolute atomic E-state index is 0.0318. The first-order chi connectivity index (χ1) is 11.6. The van der Waals surface area contributed by atoms with Crippen molar-refractivity contribution in [1.82, 2.24) is 15.4 Å². The molecule has 1 aliphatic carbocycles. The molecule has 2 atom stereocenters. The van der Waals surface area contributed by atoms with Crippen molar-refractivity contribution in [3.63, 3.8) is 0 Å². The third kappa shape index (κ3) is 2.94. The zero-order chi connectivity index (χ0) is 16.7. The molecule has 2 heterocycles. The van der Waals surface area contributed by atoms with Gasteiger partial charge < -0.3 is 9.84 Å². The van der Waals surface area contributed by atoms with Crippen LogP contribution < -0.4 is 5.32 Å². The molecule has 6 heteroatoms. The summed E-state index contributed by atoms with van der Waals surface area (Å²) in [5.41, 5.74) is 1.34. The molecular formula is C18H20FN3O2. The summed E-state index contributed by atoms with van der Waals surface area (Å²) in [6.45, 7) is 0.874. The molecule has 4 rings (SSSR count). The first kappa shape index (κ1) is 15.3. The lowest BCUT2D eigenvalue weighted by molar-refractivity contribution is 0.0918. The van der Waals surface area contributed by atoms with E-state index in [9.17, 15) is 9.18 Å². The van der Waals surface area contributed by atoms with E-state index in [0.717, 1.165) is 37.1 Å². The van der Waals surface area contributed by atoms with Gasteiger partial charge in [0.25, 0.3) is 5.91 Å². The van der Waals surface area contributed by atoms with E-state index in [1.54, 1.807) is 18.2 Å². The lowest BCUT2D eigenvalue weighted by Crippen LogP contribution is -2.39. The van der Waals surface area contributed by atoms with Crippen molar-refractivity contribution < 1.29 is 13.7 Å². The molecule has 1 aromatic heterocycles. The van der Waals surface area contributed by atoms with Crippen LogP contribution in [-0.4, -0.2) is 35.6 Å². The molecule has 1 amide bonds. The standard InChI is InChI=1S/C18H20FN3O2/c1-22-9-8-14(17(22)12-4-6-13(19)7-5-12)20-18(23)15-10-16(24-21-15)11-2-3-11/h4-7,10-11,14,17H,2-3,8-9H2,1H3,(H,20,23)/t14-,17-/m1/s1. The van der Waals surface area contributed by atoms with Gasteiger partial charge in [-0.25, -0.2) is 4.39 Å². The minimum Gasteiger partial charge on any atom is -0.360 e. The zero-order valence-corrected chi connectivity index (χ0v) is 13.5. The van der Waals surface area contributed by atoms with Crippen molar-refractivity contribution in [2.75, 3.05) is 13.6 Å². The number of nitrogens with zero attached hydrogens (tertiary/aromatic N) is 2. The third-order valence-corrected chi connectivity index (χ3v) is 4.92. The van der Waals surface area contributed by atoms with Gasteiger partial charge in [-0.15, -0.1) is 0 Å². The predicted molar refractivity (Wildman–Crippen MR) is 86.1 cm³/mol. The first-order valence-corrected chi connectivity index (χ1v) is 8.35. The quantitative estimate of drug-likeness (QED) is 0.937. The summed E-state index contributed by atoms with van der Waals surface area (Å²) in [4.78, 5) is 14.7. The summed E-state index contributed by atoms with van der Waals surface area (Å²) in [5, 5.41) is 6.96.